The molecule has 1 amide bonds. The fourth-order valence-corrected chi connectivity index (χ4v) is 6.07. The van der Waals surface area contributed by atoms with Gasteiger partial charge in [0.15, 0.2) is 5.65 Å². The lowest BCUT2D eigenvalue weighted by atomic mass is 9.96. The molecule has 5 aromatic rings. The lowest BCUT2D eigenvalue weighted by Crippen LogP contribution is -2.23. The molecule has 42 heavy (non-hydrogen) atoms. The van der Waals surface area contributed by atoms with Crippen LogP contribution in [-0.2, 0) is 26.1 Å². The number of benzene rings is 3. The minimum absolute atomic E-state index is 0.0589. The maximum absolute atomic E-state index is 12.8. The van der Waals surface area contributed by atoms with Crippen molar-refractivity contribution in [3.63, 3.8) is 0 Å². The van der Waals surface area contributed by atoms with E-state index >= 15 is 0 Å². The van der Waals surface area contributed by atoms with Crippen LogP contribution in [0.5, 0.6) is 0 Å². The fourth-order valence-electron chi connectivity index (χ4n) is 6.07. The molecule has 0 aliphatic carbocycles. The molecule has 3 heterocycles. The Morgan fingerprint density at radius 1 is 0.857 bits per heavy atom. The maximum Gasteiger partial charge on any atom is 0.251 e. The van der Waals surface area contributed by atoms with Crippen LogP contribution in [0.1, 0.15) is 63.9 Å². The number of amides is 1. The van der Waals surface area contributed by atoms with Crippen LogP contribution in [-0.4, -0.2) is 38.4 Å². The summed E-state index contributed by atoms with van der Waals surface area (Å²) in [4.78, 5) is 25.1. The second kappa shape index (κ2) is 12.3. The molecule has 6 rings (SSSR count). The second-order valence-electron chi connectivity index (χ2n) is 11.4. The van der Waals surface area contributed by atoms with E-state index in [-0.39, 0.29) is 5.91 Å². The average Bonchev–Trinajstić information content (AvgIpc) is 3.65. The molecule has 0 unspecified atom stereocenters. The van der Waals surface area contributed by atoms with E-state index in [1.807, 2.05) is 37.3 Å². The third kappa shape index (κ3) is 6.00. The Bertz CT molecular complexity index is 1700. The van der Waals surface area contributed by atoms with Crippen LogP contribution in [0.3, 0.4) is 0 Å². The summed E-state index contributed by atoms with van der Waals surface area (Å²) in [5, 5.41) is 3.13. The molecule has 0 spiro atoms. The number of aromatic nitrogens is 3. The van der Waals surface area contributed by atoms with Crippen LogP contribution < -0.4 is 5.32 Å². The number of rotatable bonds is 9. The predicted molar refractivity (Wildman–Crippen MR) is 169 cm³/mol. The molecule has 1 fully saturated rings. The molecule has 2 aromatic heterocycles. The standard InChI is InChI=1S/C36H39N5O/c1-4-33-39-34-25(2)20-26(3)38-35(34)41(33)24-27-12-15-29(16-13-27)32-21-28(23-40-18-8-9-19-40)14-17-31(32)22-37-36(42)30-10-6-5-7-11-30/h5-7,10-17,20-21H,4,8-9,18-19,22-24H2,1-3H3,(H,37,42). The normalized spacial score (nSPS) is 13.6. The molecule has 1 aliphatic heterocycles. The van der Waals surface area contributed by atoms with Crippen molar-refractivity contribution in [2.45, 2.75) is 59.7 Å². The second-order valence-corrected chi connectivity index (χ2v) is 11.4. The number of carbonyl (C=O) groups is 1. The van der Waals surface area contributed by atoms with Crippen molar-refractivity contribution in [3.05, 3.63) is 118 Å². The smallest absolute Gasteiger partial charge is 0.251 e. The highest BCUT2D eigenvalue weighted by Gasteiger charge is 2.16. The quantitative estimate of drug-likeness (QED) is 0.215. The summed E-state index contributed by atoms with van der Waals surface area (Å²) in [7, 11) is 0. The highest BCUT2D eigenvalue weighted by atomic mass is 16.1. The maximum atomic E-state index is 12.8. The number of nitrogens with one attached hydrogen (secondary N) is 1. The molecule has 3 aromatic carbocycles. The Morgan fingerprint density at radius 3 is 2.33 bits per heavy atom. The van der Waals surface area contributed by atoms with Crippen LogP contribution in [0, 0.1) is 13.8 Å². The minimum Gasteiger partial charge on any atom is -0.348 e. The number of nitrogens with zero attached hydrogens (tertiary/aromatic N) is 4. The Balaban J connectivity index is 1.28. The lowest BCUT2D eigenvalue weighted by molar-refractivity contribution is 0.0951. The molecule has 1 saturated heterocycles. The first-order chi connectivity index (χ1) is 20.5. The van der Waals surface area contributed by atoms with Crippen molar-refractivity contribution in [1.82, 2.24) is 24.8 Å². The zero-order valence-electron chi connectivity index (χ0n) is 24.9. The van der Waals surface area contributed by atoms with E-state index in [2.05, 4.69) is 77.2 Å². The predicted octanol–water partition coefficient (Wildman–Crippen LogP) is 6.85. The summed E-state index contributed by atoms with van der Waals surface area (Å²) in [6.45, 7) is 10.8. The van der Waals surface area contributed by atoms with Crippen LogP contribution in [0.2, 0.25) is 0 Å². The van der Waals surface area contributed by atoms with Gasteiger partial charge >= 0.3 is 0 Å². The number of hydrogen-bond acceptors (Lipinski definition) is 4. The summed E-state index contributed by atoms with van der Waals surface area (Å²) in [6, 6.07) is 27.1. The number of carbonyl (C=O) groups excluding carboxylic acids is 1. The Hall–Kier alpha value is -4.29. The van der Waals surface area contributed by atoms with Crippen molar-refractivity contribution in [2.24, 2.45) is 0 Å². The number of fused-ring (bicyclic) bond motifs is 1. The van der Waals surface area contributed by atoms with E-state index in [1.165, 1.54) is 35.1 Å². The summed E-state index contributed by atoms with van der Waals surface area (Å²) in [6.07, 6.45) is 3.41. The molecule has 0 atom stereocenters. The van der Waals surface area contributed by atoms with Crippen LogP contribution in [0.15, 0.2) is 78.9 Å². The van der Waals surface area contributed by atoms with E-state index in [0.717, 1.165) is 66.4 Å². The number of likely N-dealkylation sites (tertiary alicyclic amines) is 1. The first kappa shape index (κ1) is 27.9. The zero-order chi connectivity index (χ0) is 29.1. The van der Waals surface area contributed by atoms with Gasteiger partial charge in [0.25, 0.3) is 5.91 Å². The molecule has 1 aliphatic rings. The first-order valence-electron chi connectivity index (χ1n) is 15.1. The number of imidazole rings is 1. The topological polar surface area (TPSA) is 63.1 Å². The Labute approximate surface area is 248 Å². The summed E-state index contributed by atoms with van der Waals surface area (Å²) in [5.41, 5.74) is 10.8. The average molecular weight is 558 g/mol. The van der Waals surface area contributed by atoms with E-state index in [4.69, 9.17) is 9.97 Å². The van der Waals surface area contributed by atoms with E-state index in [9.17, 15) is 4.79 Å². The van der Waals surface area contributed by atoms with Crippen LogP contribution in [0.25, 0.3) is 22.3 Å². The van der Waals surface area contributed by atoms with Gasteiger partial charge in [-0.2, -0.15) is 0 Å². The van der Waals surface area contributed by atoms with Crippen molar-refractivity contribution >= 4 is 17.1 Å². The minimum atomic E-state index is -0.0589. The van der Waals surface area contributed by atoms with Crippen molar-refractivity contribution in [2.75, 3.05) is 13.1 Å². The van der Waals surface area contributed by atoms with Crippen molar-refractivity contribution in [1.29, 1.82) is 0 Å². The number of hydrogen-bond donors (Lipinski definition) is 1. The van der Waals surface area contributed by atoms with Gasteiger partial charge in [-0.05, 0) is 97.4 Å². The number of pyridine rings is 1. The molecule has 0 radical (unpaired) electrons. The molecular formula is C36H39N5O. The third-order valence-corrected chi connectivity index (χ3v) is 8.28. The largest absolute Gasteiger partial charge is 0.348 e. The van der Waals surface area contributed by atoms with Gasteiger partial charge in [-0.25, -0.2) is 9.97 Å². The summed E-state index contributed by atoms with van der Waals surface area (Å²) in [5.74, 6) is 0.998. The van der Waals surface area contributed by atoms with Crippen LogP contribution in [0.4, 0.5) is 0 Å². The van der Waals surface area contributed by atoms with Gasteiger partial charge in [0, 0.05) is 30.8 Å². The van der Waals surface area contributed by atoms with E-state index in [1.54, 1.807) is 0 Å². The van der Waals surface area contributed by atoms with Gasteiger partial charge < -0.3 is 9.88 Å². The highest BCUT2D eigenvalue weighted by molar-refractivity contribution is 5.94. The van der Waals surface area contributed by atoms with Gasteiger partial charge in [0.1, 0.15) is 11.3 Å². The van der Waals surface area contributed by atoms with Crippen molar-refractivity contribution < 1.29 is 4.79 Å². The molecule has 0 bridgehead atoms. The SMILES string of the molecule is CCc1nc2c(C)cc(C)nc2n1Cc1ccc(-c2cc(CN3CCCC3)ccc2CNC(=O)c2ccccc2)cc1. The zero-order valence-corrected chi connectivity index (χ0v) is 24.9. The van der Waals surface area contributed by atoms with Crippen LogP contribution >= 0.6 is 0 Å². The highest BCUT2D eigenvalue weighted by Crippen LogP contribution is 2.28. The Kier molecular flexibility index (Phi) is 8.15. The van der Waals surface area contributed by atoms with Crippen molar-refractivity contribution in [3.8, 4) is 11.1 Å². The monoisotopic (exact) mass is 557 g/mol. The third-order valence-electron chi connectivity index (χ3n) is 8.28. The first-order valence-corrected chi connectivity index (χ1v) is 15.1. The molecule has 6 nitrogen and oxygen atoms in total. The van der Waals surface area contributed by atoms with E-state index < -0.39 is 0 Å². The summed E-state index contributed by atoms with van der Waals surface area (Å²) >= 11 is 0. The molecule has 6 heteroatoms. The molecule has 0 saturated carbocycles. The fraction of sp³-hybridized carbons (Fsp3) is 0.306. The van der Waals surface area contributed by atoms with Gasteiger partial charge in [0.05, 0.1) is 6.54 Å². The van der Waals surface area contributed by atoms with Gasteiger partial charge in [0.2, 0.25) is 0 Å². The summed E-state index contributed by atoms with van der Waals surface area (Å²) < 4.78 is 2.26. The van der Waals surface area contributed by atoms with Gasteiger partial charge in [-0.15, -0.1) is 0 Å². The lowest BCUT2D eigenvalue weighted by Gasteiger charge is -2.18. The molecular weight excluding hydrogens is 518 g/mol. The Morgan fingerprint density at radius 2 is 1.60 bits per heavy atom. The van der Waals surface area contributed by atoms with Gasteiger partial charge in [-0.1, -0.05) is 61.5 Å². The molecule has 214 valence electrons. The molecule has 1 N–H and O–H groups in total. The van der Waals surface area contributed by atoms with Gasteiger partial charge in [-0.3, -0.25) is 9.69 Å². The van der Waals surface area contributed by atoms with E-state index in [0.29, 0.717) is 12.1 Å². The number of aryl methyl sites for hydroxylation is 3.